The second kappa shape index (κ2) is 6.13. The zero-order valence-corrected chi connectivity index (χ0v) is 7.06. The van der Waals surface area contributed by atoms with Crippen LogP contribution in [0.1, 0.15) is 0 Å². The van der Waals surface area contributed by atoms with E-state index in [9.17, 15) is 4.79 Å². The van der Waals surface area contributed by atoms with Gasteiger partial charge in [0.2, 0.25) is 6.08 Å². The summed E-state index contributed by atoms with van der Waals surface area (Å²) >= 11 is 10.7. The van der Waals surface area contributed by atoms with E-state index in [2.05, 4.69) is 16.4 Å². The fourth-order valence-electron chi connectivity index (χ4n) is 0.385. The van der Waals surface area contributed by atoms with Crippen LogP contribution < -0.4 is 4.84 Å². The lowest BCUT2D eigenvalue weighted by atomic mass is 10.4. The minimum Gasteiger partial charge on any atom is -0.212 e. The Hall–Kier alpha value is -0.600. The fraction of sp³-hybridized carbons (Fsp3) is 0.167. The van der Waals surface area contributed by atoms with Gasteiger partial charge in [0.05, 0.1) is 5.70 Å². The van der Waals surface area contributed by atoms with E-state index in [1.807, 2.05) is 0 Å². The molecule has 60 valence electrons. The SMILES string of the molecule is C=C/C(=C\C(Cl)NCl)N=C=O. The molecule has 0 spiro atoms. The zero-order chi connectivity index (χ0) is 8.69. The van der Waals surface area contributed by atoms with Gasteiger partial charge in [0.15, 0.2) is 0 Å². The molecule has 1 unspecified atom stereocenters. The standard InChI is InChI=1S/C6H6Cl2N2O/c1-2-5(9-4-11)3-6(7)10-8/h2-3,6,10H,1H2/b5-3+. The van der Waals surface area contributed by atoms with Crippen molar-refractivity contribution < 1.29 is 4.79 Å². The number of hydrogen-bond acceptors (Lipinski definition) is 3. The first-order valence-electron chi connectivity index (χ1n) is 2.67. The van der Waals surface area contributed by atoms with Gasteiger partial charge < -0.3 is 0 Å². The number of nitrogens with zero attached hydrogens (tertiary/aromatic N) is 1. The second-order valence-corrected chi connectivity index (χ2v) is 2.20. The highest BCUT2D eigenvalue weighted by Crippen LogP contribution is 2.02. The molecule has 0 aliphatic rings. The molecule has 0 amide bonds. The highest BCUT2D eigenvalue weighted by atomic mass is 35.5. The van der Waals surface area contributed by atoms with Gasteiger partial charge in [-0.1, -0.05) is 18.2 Å². The topological polar surface area (TPSA) is 41.5 Å². The Kier molecular flexibility index (Phi) is 5.80. The van der Waals surface area contributed by atoms with Crippen LogP contribution in [0.15, 0.2) is 29.4 Å². The molecule has 11 heavy (non-hydrogen) atoms. The molecule has 0 aromatic carbocycles. The largest absolute Gasteiger partial charge is 0.240 e. The number of nitrogens with one attached hydrogen (secondary N) is 1. The van der Waals surface area contributed by atoms with E-state index < -0.39 is 5.50 Å². The van der Waals surface area contributed by atoms with Crippen LogP contribution in [0, 0.1) is 0 Å². The zero-order valence-electron chi connectivity index (χ0n) is 5.55. The Morgan fingerprint density at radius 3 is 2.82 bits per heavy atom. The summed E-state index contributed by atoms with van der Waals surface area (Å²) in [6.45, 7) is 3.40. The molecule has 0 heterocycles. The summed E-state index contributed by atoms with van der Waals surface area (Å²) in [6, 6.07) is 0. The van der Waals surface area contributed by atoms with Gasteiger partial charge in [0, 0.05) is 0 Å². The molecule has 3 nitrogen and oxygen atoms in total. The van der Waals surface area contributed by atoms with Gasteiger partial charge in [0.1, 0.15) is 5.50 Å². The number of alkyl halides is 1. The maximum atomic E-state index is 9.77. The Labute approximate surface area is 74.5 Å². The van der Waals surface area contributed by atoms with E-state index in [4.69, 9.17) is 23.4 Å². The summed E-state index contributed by atoms with van der Waals surface area (Å²) in [5.41, 5.74) is -0.255. The van der Waals surface area contributed by atoms with Crippen LogP contribution in [-0.4, -0.2) is 11.6 Å². The van der Waals surface area contributed by atoms with Gasteiger partial charge in [-0.2, -0.15) is 4.99 Å². The smallest absolute Gasteiger partial charge is 0.212 e. The minimum absolute atomic E-state index is 0.327. The van der Waals surface area contributed by atoms with E-state index in [0.717, 1.165) is 0 Å². The molecule has 0 saturated carbocycles. The first-order chi connectivity index (χ1) is 5.24. The van der Waals surface area contributed by atoms with Crippen LogP contribution in [-0.2, 0) is 4.79 Å². The Balaban J connectivity index is 4.33. The van der Waals surface area contributed by atoms with Gasteiger partial charge in [0.25, 0.3) is 0 Å². The molecular formula is C6H6Cl2N2O. The maximum Gasteiger partial charge on any atom is 0.240 e. The average molecular weight is 193 g/mol. The molecule has 0 aromatic heterocycles. The van der Waals surface area contributed by atoms with Crippen molar-refractivity contribution in [3.63, 3.8) is 0 Å². The summed E-state index contributed by atoms with van der Waals surface area (Å²) < 4.78 is 0. The molecule has 0 bridgehead atoms. The fourth-order valence-corrected chi connectivity index (χ4v) is 0.577. The predicted molar refractivity (Wildman–Crippen MR) is 45.0 cm³/mol. The van der Waals surface area contributed by atoms with Crippen molar-refractivity contribution in [2.45, 2.75) is 5.50 Å². The lowest BCUT2D eigenvalue weighted by Crippen LogP contribution is -2.09. The maximum absolute atomic E-state index is 9.77. The normalized spacial score (nSPS) is 13.5. The van der Waals surface area contributed by atoms with Gasteiger partial charge in [-0.3, -0.25) is 0 Å². The summed E-state index contributed by atoms with van der Waals surface area (Å²) in [6.07, 6.45) is 4.15. The van der Waals surface area contributed by atoms with E-state index in [0.29, 0.717) is 5.70 Å². The molecule has 0 aliphatic heterocycles. The summed E-state index contributed by atoms with van der Waals surface area (Å²) in [5.74, 6) is 0. The van der Waals surface area contributed by atoms with Crippen molar-refractivity contribution in [3.05, 3.63) is 24.4 Å². The Bertz CT molecular complexity index is 209. The molecule has 0 radical (unpaired) electrons. The number of isocyanates is 1. The molecule has 5 heteroatoms. The summed E-state index contributed by atoms with van der Waals surface area (Å²) in [4.78, 5) is 15.3. The third-order valence-electron chi connectivity index (χ3n) is 0.805. The van der Waals surface area contributed by atoms with Crippen LogP contribution in [0.3, 0.4) is 0 Å². The van der Waals surface area contributed by atoms with Crippen molar-refractivity contribution in [2.75, 3.05) is 0 Å². The average Bonchev–Trinajstić information content (AvgIpc) is 2.03. The monoisotopic (exact) mass is 192 g/mol. The van der Waals surface area contributed by atoms with Gasteiger partial charge in [-0.15, -0.1) is 0 Å². The molecule has 0 aliphatic carbocycles. The minimum atomic E-state index is -0.582. The predicted octanol–water partition coefficient (Wildman–Crippen LogP) is 1.70. The molecule has 0 saturated heterocycles. The highest BCUT2D eigenvalue weighted by molar-refractivity contribution is 6.26. The Morgan fingerprint density at radius 2 is 2.45 bits per heavy atom. The van der Waals surface area contributed by atoms with Crippen LogP contribution in [0.25, 0.3) is 0 Å². The van der Waals surface area contributed by atoms with Gasteiger partial charge in [-0.25, -0.2) is 9.63 Å². The lowest BCUT2D eigenvalue weighted by molar-refractivity contribution is 0.565. The number of aliphatic imine (C=N–C) groups is 1. The molecule has 0 aromatic rings. The van der Waals surface area contributed by atoms with Crippen molar-refractivity contribution in [1.29, 1.82) is 0 Å². The first kappa shape index (κ1) is 10.4. The number of carbonyl (C=O) groups excluding carboxylic acids is 1. The number of hydrogen-bond donors (Lipinski definition) is 1. The molecule has 0 rings (SSSR count). The van der Waals surface area contributed by atoms with Crippen LogP contribution in [0.4, 0.5) is 0 Å². The molecular weight excluding hydrogens is 187 g/mol. The van der Waals surface area contributed by atoms with Crippen molar-refractivity contribution in [1.82, 2.24) is 4.84 Å². The van der Waals surface area contributed by atoms with Crippen molar-refractivity contribution in [3.8, 4) is 0 Å². The molecule has 1 atom stereocenters. The van der Waals surface area contributed by atoms with Gasteiger partial charge in [-0.05, 0) is 23.9 Å². The molecule has 1 N–H and O–H groups in total. The second-order valence-electron chi connectivity index (χ2n) is 1.51. The van der Waals surface area contributed by atoms with Crippen LogP contribution >= 0.6 is 23.4 Å². The van der Waals surface area contributed by atoms with Crippen LogP contribution in [0.2, 0.25) is 0 Å². The van der Waals surface area contributed by atoms with E-state index in [1.165, 1.54) is 18.2 Å². The molecule has 0 fully saturated rings. The summed E-state index contributed by atoms with van der Waals surface area (Å²) in [7, 11) is 0. The number of halogens is 2. The number of rotatable bonds is 4. The summed E-state index contributed by atoms with van der Waals surface area (Å²) in [5, 5.41) is 0. The van der Waals surface area contributed by atoms with Gasteiger partial charge >= 0.3 is 0 Å². The lowest BCUT2D eigenvalue weighted by Gasteiger charge is -1.97. The van der Waals surface area contributed by atoms with E-state index in [-0.39, 0.29) is 0 Å². The first-order valence-corrected chi connectivity index (χ1v) is 3.48. The van der Waals surface area contributed by atoms with E-state index in [1.54, 1.807) is 0 Å². The van der Waals surface area contributed by atoms with Crippen LogP contribution in [0.5, 0.6) is 0 Å². The highest BCUT2D eigenvalue weighted by Gasteiger charge is 1.96. The third-order valence-corrected chi connectivity index (χ3v) is 1.39. The quantitative estimate of drug-likeness (QED) is 0.184. The van der Waals surface area contributed by atoms with Crippen molar-refractivity contribution >= 4 is 29.5 Å². The Morgan fingerprint density at radius 1 is 1.82 bits per heavy atom. The van der Waals surface area contributed by atoms with Crippen molar-refractivity contribution in [2.24, 2.45) is 4.99 Å². The van der Waals surface area contributed by atoms with E-state index >= 15 is 0 Å². The third kappa shape index (κ3) is 4.76. The number of allylic oxidation sites excluding steroid dienone is 1.